The summed E-state index contributed by atoms with van der Waals surface area (Å²) in [5.41, 5.74) is 1.76. The molecule has 0 saturated heterocycles. The van der Waals surface area contributed by atoms with Crippen LogP contribution in [0.3, 0.4) is 0 Å². The Morgan fingerprint density at radius 3 is 2.57 bits per heavy atom. The second kappa shape index (κ2) is 8.66. The summed E-state index contributed by atoms with van der Waals surface area (Å²) < 4.78 is 26.5. The van der Waals surface area contributed by atoms with Gasteiger partial charge in [0, 0.05) is 28.1 Å². The summed E-state index contributed by atoms with van der Waals surface area (Å²) in [5, 5.41) is 5.51. The van der Waals surface area contributed by atoms with Crippen LogP contribution in [0.4, 0.5) is 5.13 Å². The zero-order valence-electron chi connectivity index (χ0n) is 14.6. The molecule has 3 rings (SSSR count). The second-order valence-electron chi connectivity index (χ2n) is 5.64. The second-order valence-corrected chi connectivity index (χ2v) is 8.67. The molecule has 0 spiro atoms. The molecule has 0 aliphatic heterocycles. The lowest BCUT2D eigenvalue weighted by atomic mass is 10.2. The van der Waals surface area contributed by atoms with E-state index in [2.05, 4.69) is 21.6 Å². The number of anilines is 1. The molecule has 2 N–H and O–H groups in total. The molecule has 1 heterocycles. The van der Waals surface area contributed by atoms with Crippen LogP contribution in [0.15, 0.2) is 71.5 Å². The van der Waals surface area contributed by atoms with Crippen LogP contribution in [0.1, 0.15) is 10.4 Å². The van der Waals surface area contributed by atoms with Crippen LogP contribution in [-0.4, -0.2) is 25.9 Å². The van der Waals surface area contributed by atoms with E-state index < -0.39 is 10.0 Å². The predicted octanol–water partition coefficient (Wildman–Crippen LogP) is 4.18. The van der Waals surface area contributed by atoms with E-state index in [-0.39, 0.29) is 17.3 Å². The van der Waals surface area contributed by atoms with Gasteiger partial charge in [0.1, 0.15) is 0 Å². The standard InChI is InChI=1S/C19H16ClN3O3S2/c1-2-11-21-28(25,26)14-9-7-13(8-10-14)18(24)23-19-22-17(12-27-19)15-5-3-4-6-16(15)20/h2-10,12,21H,1,11H2,(H,22,23,24). The van der Waals surface area contributed by atoms with Crippen molar-refractivity contribution in [2.24, 2.45) is 0 Å². The van der Waals surface area contributed by atoms with Gasteiger partial charge in [-0.3, -0.25) is 10.1 Å². The van der Waals surface area contributed by atoms with E-state index in [0.29, 0.717) is 21.4 Å². The van der Waals surface area contributed by atoms with Gasteiger partial charge in [0.25, 0.3) is 5.91 Å². The third kappa shape index (κ3) is 4.66. The maximum Gasteiger partial charge on any atom is 0.257 e. The van der Waals surface area contributed by atoms with Gasteiger partial charge in [-0.2, -0.15) is 0 Å². The van der Waals surface area contributed by atoms with E-state index in [1.165, 1.54) is 41.7 Å². The number of aromatic nitrogens is 1. The van der Waals surface area contributed by atoms with Crippen LogP contribution in [-0.2, 0) is 10.0 Å². The quantitative estimate of drug-likeness (QED) is 0.547. The van der Waals surface area contributed by atoms with Gasteiger partial charge in [0.2, 0.25) is 10.0 Å². The Labute approximate surface area is 172 Å². The maximum atomic E-state index is 12.4. The van der Waals surface area contributed by atoms with Gasteiger partial charge in [-0.1, -0.05) is 35.9 Å². The fourth-order valence-electron chi connectivity index (χ4n) is 2.33. The topological polar surface area (TPSA) is 88.2 Å². The van der Waals surface area contributed by atoms with Gasteiger partial charge in [-0.05, 0) is 30.3 Å². The van der Waals surface area contributed by atoms with Crippen molar-refractivity contribution in [3.63, 3.8) is 0 Å². The maximum absolute atomic E-state index is 12.4. The molecular formula is C19H16ClN3O3S2. The van der Waals surface area contributed by atoms with Crippen molar-refractivity contribution in [2.75, 3.05) is 11.9 Å². The number of hydrogen-bond acceptors (Lipinski definition) is 5. The molecule has 0 fully saturated rings. The highest BCUT2D eigenvalue weighted by Crippen LogP contribution is 2.30. The molecule has 2 aromatic carbocycles. The SMILES string of the molecule is C=CCNS(=O)(=O)c1ccc(C(=O)Nc2nc(-c3ccccc3Cl)cs2)cc1. The molecule has 0 bridgehead atoms. The Bertz CT molecular complexity index is 1110. The van der Waals surface area contributed by atoms with E-state index in [0.717, 1.165) is 5.56 Å². The minimum atomic E-state index is -3.63. The first-order valence-electron chi connectivity index (χ1n) is 8.13. The van der Waals surface area contributed by atoms with Crippen molar-refractivity contribution in [1.82, 2.24) is 9.71 Å². The zero-order chi connectivity index (χ0) is 20.1. The third-order valence-corrected chi connectivity index (χ3v) is 6.25. The van der Waals surface area contributed by atoms with Crippen molar-refractivity contribution in [1.29, 1.82) is 0 Å². The van der Waals surface area contributed by atoms with Gasteiger partial charge in [0.05, 0.1) is 10.6 Å². The molecule has 28 heavy (non-hydrogen) atoms. The largest absolute Gasteiger partial charge is 0.298 e. The van der Waals surface area contributed by atoms with E-state index in [1.807, 2.05) is 18.2 Å². The summed E-state index contributed by atoms with van der Waals surface area (Å²) in [6.07, 6.45) is 1.45. The van der Waals surface area contributed by atoms with Gasteiger partial charge >= 0.3 is 0 Å². The van der Waals surface area contributed by atoms with Crippen LogP contribution in [0.2, 0.25) is 5.02 Å². The Balaban J connectivity index is 1.72. The first kappa shape index (κ1) is 20.2. The monoisotopic (exact) mass is 433 g/mol. The molecule has 0 atom stereocenters. The van der Waals surface area contributed by atoms with Crippen molar-refractivity contribution < 1.29 is 13.2 Å². The van der Waals surface area contributed by atoms with Crippen LogP contribution >= 0.6 is 22.9 Å². The van der Waals surface area contributed by atoms with E-state index in [4.69, 9.17) is 11.6 Å². The third-order valence-electron chi connectivity index (χ3n) is 3.72. The summed E-state index contributed by atoms with van der Waals surface area (Å²) in [7, 11) is -3.63. The van der Waals surface area contributed by atoms with Crippen molar-refractivity contribution in [3.05, 3.63) is 77.2 Å². The number of sulfonamides is 1. The van der Waals surface area contributed by atoms with Crippen LogP contribution in [0.25, 0.3) is 11.3 Å². The van der Waals surface area contributed by atoms with Gasteiger partial charge in [-0.15, -0.1) is 17.9 Å². The molecule has 0 saturated carbocycles. The molecule has 1 amide bonds. The highest BCUT2D eigenvalue weighted by atomic mass is 35.5. The fourth-order valence-corrected chi connectivity index (χ4v) is 4.27. The number of carbonyl (C=O) groups is 1. The molecule has 6 nitrogen and oxygen atoms in total. The Hall–Kier alpha value is -2.52. The van der Waals surface area contributed by atoms with Crippen molar-refractivity contribution in [3.8, 4) is 11.3 Å². The average Bonchev–Trinajstić information content (AvgIpc) is 3.15. The number of benzene rings is 2. The number of nitrogens with one attached hydrogen (secondary N) is 2. The summed E-state index contributed by atoms with van der Waals surface area (Å²) in [6.45, 7) is 3.60. The smallest absolute Gasteiger partial charge is 0.257 e. The molecular weight excluding hydrogens is 418 g/mol. The number of thiazole rings is 1. The number of hydrogen-bond donors (Lipinski definition) is 2. The lowest BCUT2D eigenvalue weighted by Gasteiger charge is -2.06. The molecule has 0 unspecified atom stereocenters. The van der Waals surface area contributed by atoms with Gasteiger partial charge < -0.3 is 0 Å². The van der Waals surface area contributed by atoms with Crippen LogP contribution in [0.5, 0.6) is 0 Å². The minimum absolute atomic E-state index is 0.0705. The average molecular weight is 434 g/mol. The number of amides is 1. The van der Waals surface area contributed by atoms with Crippen LogP contribution in [0, 0.1) is 0 Å². The van der Waals surface area contributed by atoms with Crippen LogP contribution < -0.4 is 10.0 Å². The lowest BCUT2D eigenvalue weighted by molar-refractivity contribution is 0.102. The lowest BCUT2D eigenvalue weighted by Crippen LogP contribution is -2.23. The first-order chi connectivity index (χ1) is 13.4. The van der Waals surface area contributed by atoms with E-state index in [1.54, 1.807) is 11.4 Å². The highest BCUT2D eigenvalue weighted by Gasteiger charge is 2.15. The number of nitrogens with zero attached hydrogens (tertiary/aromatic N) is 1. The zero-order valence-corrected chi connectivity index (χ0v) is 16.9. The molecule has 3 aromatic rings. The number of carbonyl (C=O) groups excluding carboxylic acids is 1. The summed E-state index contributed by atoms with van der Waals surface area (Å²) in [4.78, 5) is 16.9. The Morgan fingerprint density at radius 1 is 1.18 bits per heavy atom. The summed E-state index contributed by atoms with van der Waals surface area (Å²) in [5.74, 6) is -0.386. The summed E-state index contributed by atoms with van der Waals surface area (Å²) in [6, 6.07) is 12.9. The molecule has 0 aliphatic carbocycles. The van der Waals surface area contributed by atoms with E-state index in [9.17, 15) is 13.2 Å². The molecule has 1 aromatic heterocycles. The molecule has 0 radical (unpaired) electrons. The van der Waals surface area contributed by atoms with Crippen molar-refractivity contribution >= 4 is 44.0 Å². The van der Waals surface area contributed by atoms with Gasteiger partial charge in [-0.25, -0.2) is 18.1 Å². The van der Waals surface area contributed by atoms with E-state index >= 15 is 0 Å². The Morgan fingerprint density at radius 2 is 1.89 bits per heavy atom. The molecule has 0 aliphatic rings. The molecule has 9 heteroatoms. The first-order valence-corrected chi connectivity index (χ1v) is 10.9. The Kier molecular flexibility index (Phi) is 6.25. The molecule has 144 valence electrons. The minimum Gasteiger partial charge on any atom is -0.298 e. The fraction of sp³-hybridized carbons (Fsp3) is 0.0526. The number of rotatable bonds is 7. The summed E-state index contributed by atoms with van der Waals surface area (Å²) >= 11 is 7.45. The van der Waals surface area contributed by atoms with Gasteiger partial charge in [0.15, 0.2) is 5.13 Å². The highest BCUT2D eigenvalue weighted by molar-refractivity contribution is 7.89. The normalized spacial score (nSPS) is 11.2. The van der Waals surface area contributed by atoms with Crippen molar-refractivity contribution in [2.45, 2.75) is 4.90 Å². The number of halogens is 1. The predicted molar refractivity (Wildman–Crippen MR) is 112 cm³/mol.